The van der Waals surface area contributed by atoms with Crippen molar-refractivity contribution in [3.63, 3.8) is 0 Å². The molecule has 0 bridgehead atoms. The van der Waals surface area contributed by atoms with Crippen LogP contribution in [0.4, 0.5) is 11.8 Å². The highest BCUT2D eigenvalue weighted by molar-refractivity contribution is 7.99. The van der Waals surface area contributed by atoms with Crippen LogP contribution in [0.1, 0.15) is 11.3 Å². The lowest BCUT2D eigenvalue weighted by Gasteiger charge is -2.21. The molecule has 6 heteroatoms. The van der Waals surface area contributed by atoms with Crippen LogP contribution in [0.2, 0.25) is 0 Å². The fourth-order valence-electron chi connectivity index (χ4n) is 2.24. The maximum absolute atomic E-state index is 5.83. The average Bonchev–Trinajstić information content (AvgIpc) is 2.56. The third-order valence-corrected chi connectivity index (χ3v) is 5.03. The molecule has 18 heavy (non-hydrogen) atoms. The molecule has 2 aromatic heterocycles. The van der Waals surface area contributed by atoms with Crippen molar-refractivity contribution in [2.24, 2.45) is 0 Å². The van der Waals surface area contributed by atoms with Crippen molar-refractivity contribution in [2.75, 3.05) is 35.2 Å². The van der Waals surface area contributed by atoms with Crippen molar-refractivity contribution in [1.29, 1.82) is 0 Å². The van der Waals surface area contributed by atoms with Gasteiger partial charge in [0.15, 0.2) is 0 Å². The number of nitrogens with zero attached hydrogens (tertiary/aromatic N) is 3. The van der Waals surface area contributed by atoms with Crippen LogP contribution in [0.3, 0.4) is 0 Å². The predicted molar refractivity (Wildman–Crippen MR) is 80.7 cm³/mol. The summed E-state index contributed by atoms with van der Waals surface area (Å²) in [5, 5.41) is 1.15. The highest BCUT2D eigenvalue weighted by Gasteiger charge is 2.17. The van der Waals surface area contributed by atoms with E-state index in [1.807, 2.05) is 11.8 Å². The van der Waals surface area contributed by atoms with Crippen LogP contribution in [0.5, 0.6) is 0 Å². The number of hydrogen-bond donors (Lipinski definition) is 1. The van der Waals surface area contributed by atoms with Gasteiger partial charge in [0.05, 0.1) is 5.39 Å². The van der Waals surface area contributed by atoms with Crippen molar-refractivity contribution in [3.8, 4) is 0 Å². The summed E-state index contributed by atoms with van der Waals surface area (Å²) in [6.07, 6.45) is 1.21. The van der Waals surface area contributed by atoms with Crippen molar-refractivity contribution in [1.82, 2.24) is 9.97 Å². The summed E-state index contributed by atoms with van der Waals surface area (Å²) in [5.74, 6) is 3.80. The molecule has 0 aromatic carbocycles. The second-order valence-electron chi connectivity index (χ2n) is 4.43. The van der Waals surface area contributed by atoms with E-state index in [0.29, 0.717) is 5.95 Å². The van der Waals surface area contributed by atoms with Crippen molar-refractivity contribution in [2.45, 2.75) is 13.3 Å². The molecule has 1 aliphatic rings. The van der Waals surface area contributed by atoms with Gasteiger partial charge in [0.2, 0.25) is 5.95 Å². The van der Waals surface area contributed by atoms with E-state index in [-0.39, 0.29) is 0 Å². The first-order valence-electron chi connectivity index (χ1n) is 6.10. The summed E-state index contributed by atoms with van der Waals surface area (Å²) in [6, 6.07) is 2.17. The monoisotopic (exact) mass is 280 g/mol. The lowest BCUT2D eigenvalue weighted by molar-refractivity contribution is 0.805. The maximum atomic E-state index is 5.83. The number of anilines is 2. The molecule has 2 N–H and O–H groups in total. The Morgan fingerprint density at radius 3 is 3.06 bits per heavy atom. The zero-order valence-electron chi connectivity index (χ0n) is 10.3. The number of nitrogens with two attached hydrogens (primary N) is 1. The number of thioether (sulfide) groups is 1. The van der Waals surface area contributed by atoms with Crippen LogP contribution in [0.15, 0.2) is 6.07 Å². The topological polar surface area (TPSA) is 55.0 Å². The fourth-order valence-corrected chi connectivity index (χ4v) is 4.01. The molecule has 4 nitrogen and oxygen atoms in total. The Bertz CT molecular complexity index is 558. The highest BCUT2D eigenvalue weighted by atomic mass is 32.2. The quantitative estimate of drug-likeness (QED) is 0.870. The first kappa shape index (κ1) is 12.0. The highest BCUT2D eigenvalue weighted by Crippen LogP contribution is 2.32. The number of thiophene rings is 1. The number of rotatable bonds is 1. The Morgan fingerprint density at radius 1 is 1.28 bits per heavy atom. The van der Waals surface area contributed by atoms with Crippen LogP contribution in [0.25, 0.3) is 10.2 Å². The van der Waals surface area contributed by atoms with Crippen LogP contribution in [-0.2, 0) is 0 Å². The van der Waals surface area contributed by atoms with Gasteiger partial charge in [-0.3, -0.25) is 0 Å². The van der Waals surface area contributed by atoms with Gasteiger partial charge in [-0.1, -0.05) is 0 Å². The van der Waals surface area contributed by atoms with Gasteiger partial charge < -0.3 is 10.6 Å². The van der Waals surface area contributed by atoms with Crippen LogP contribution in [0, 0.1) is 6.92 Å². The zero-order chi connectivity index (χ0) is 12.5. The molecule has 1 saturated heterocycles. The van der Waals surface area contributed by atoms with Crippen LogP contribution >= 0.6 is 23.1 Å². The molecule has 0 atom stereocenters. The number of aromatic nitrogens is 2. The zero-order valence-corrected chi connectivity index (χ0v) is 12.0. The van der Waals surface area contributed by atoms with E-state index < -0.39 is 0 Å². The Balaban J connectivity index is 2.08. The minimum Gasteiger partial charge on any atom is -0.368 e. The largest absolute Gasteiger partial charge is 0.368 e. The molecule has 3 heterocycles. The van der Waals surface area contributed by atoms with E-state index in [0.717, 1.165) is 34.9 Å². The fraction of sp³-hybridized carbons (Fsp3) is 0.500. The van der Waals surface area contributed by atoms with E-state index in [2.05, 4.69) is 27.9 Å². The van der Waals surface area contributed by atoms with E-state index in [1.165, 1.54) is 17.1 Å². The summed E-state index contributed by atoms with van der Waals surface area (Å²) in [5.41, 5.74) is 5.83. The van der Waals surface area contributed by atoms with Crippen molar-refractivity contribution >= 4 is 45.1 Å². The first-order chi connectivity index (χ1) is 8.74. The van der Waals surface area contributed by atoms with Gasteiger partial charge in [0.1, 0.15) is 10.6 Å². The Hall–Kier alpha value is -1.01. The number of nitrogen functional groups attached to an aromatic ring is 1. The summed E-state index contributed by atoms with van der Waals surface area (Å²) < 4.78 is 0. The van der Waals surface area contributed by atoms with Gasteiger partial charge in [-0.15, -0.1) is 11.3 Å². The Morgan fingerprint density at radius 2 is 2.17 bits per heavy atom. The number of hydrogen-bond acceptors (Lipinski definition) is 6. The van der Waals surface area contributed by atoms with Crippen LogP contribution in [-0.4, -0.2) is 34.6 Å². The van der Waals surface area contributed by atoms with Gasteiger partial charge in [0, 0.05) is 23.7 Å². The second kappa shape index (κ2) is 4.93. The Labute approximate surface area is 115 Å². The summed E-state index contributed by atoms with van der Waals surface area (Å²) in [4.78, 5) is 13.4. The first-order valence-corrected chi connectivity index (χ1v) is 8.07. The maximum Gasteiger partial charge on any atom is 0.223 e. The SMILES string of the molecule is Cc1cc2c(N3CCCSCC3)nc(N)nc2s1. The molecule has 3 rings (SSSR count). The van der Waals surface area contributed by atoms with E-state index in [9.17, 15) is 0 Å². The molecule has 0 radical (unpaired) electrons. The summed E-state index contributed by atoms with van der Waals surface area (Å²) in [6.45, 7) is 4.21. The van der Waals surface area contributed by atoms with E-state index in [1.54, 1.807) is 11.3 Å². The molecule has 2 aromatic rings. The third kappa shape index (κ3) is 2.27. The van der Waals surface area contributed by atoms with Crippen molar-refractivity contribution < 1.29 is 0 Å². The summed E-state index contributed by atoms with van der Waals surface area (Å²) >= 11 is 3.70. The molecule has 96 valence electrons. The van der Waals surface area contributed by atoms with Gasteiger partial charge in [0.25, 0.3) is 0 Å². The molecule has 1 fully saturated rings. The standard InChI is InChI=1S/C12H16N4S2/c1-8-7-9-10(14-12(13)15-11(9)18-8)16-3-2-5-17-6-4-16/h7H,2-6H2,1H3,(H2,13,14,15). The predicted octanol–water partition coefficient (Wildman–Crippen LogP) is 2.53. The molecule has 1 aliphatic heterocycles. The van der Waals surface area contributed by atoms with E-state index in [4.69, 9.17) is 5.73 Å². The number of aryl methyl sites for hydroxylation is 1. The van der Waals surface area contributed by atoms with Crippen LogP contribution < -0.4 is 10.6 Å². The molecule has 0 spiro atoms. The lowest BCUT2D eigenvalue weighted by atomic mass is 10.3. The van der Waals surface area contributed by atoms with Gasteiger partial charge >= 0.3 is 0 Å². The second-order valence-corrected chi connectivity index (χ2v) is 6.89. The van der Waals surface area contributed by atoms with E-state index >= 15 is 0 Å². The van der Waals surface area contributed by atoms with Gasteiger partial charge in [-0.2, -0.15) is 16.7 Å². The summed E-state index contributed by atoms with van der Waals surface area (Å²) in [7, 11) is 0. The van der Waals surface area contributed by atoms with Crippen molar-refractivity contribution in [3.05, 3.63) is 10.9 Å². The third-order valence-electron chi connectivity index (χ3n) is 3.03. The van der Waals surface area contributed by atoms with Gasteiger partial charge in [-0.25, -0.2) is 4.98 Å². The number of fused-ring (bicyclic) bond motifs is 1. The lowest BCUT2D eigenvalue weighted by Crippen LogP contribution is -2.27. The molecule has 0 saturated carbocycles. The molecule has 0 aliphatic carbocycles. The molecule has 0 unspecified atom stereocenters. The molecular formula is C12H16N4S2. The normalized spacial score (nSPS) is 17.1. The molecular weight excluding hydrogens is 264 g/mol. The van der Waals surface area contributed by atoms with Gasteiger partial charge in [-0.05, 0) is 25.2 Å². The minimum absolute atomic E-state index is 0.385. The molecule has 0 amide bonds. The Kier molecular flexibility index (Phi) is 3.30. The smallest absolute Gasteiger partial charge is 0.223 e. The minimum atomic E-state index is 0.385. The average molecular weight is 280 g/mol.